The molecule has 3 aromatic rings. The first-order valence-corrected chi connectivity index (χ1v) is 9.55. The van der Waals surface area contributed by atoms with Crippen molar-refractivity contribution in [2.75, 3.05) is 6.54 Å². The number of nitrogens with one attached hydrogen (secondary N) is 1. The Balaban J connectivity index is 1.44. The van der Waals surface area contributed by atoms with E-state index in [1.54, 1.807) is 12.1 Å². The van der Waals surface area contributed by atoms with Crippen molar-refractivity contribution in [1.29, 1.82) is 0 Å². The fraction of sp³-hybridized carbons (Fsp3) is 0.333. The minimum atomic E-state index is -0.108. The van der Waals surface area contributed by atoms with Gasteiger partial charge in [-0.05, 0) is 44.0 Å². The highest BCUT2D eigenvalue weighted by molar-refractivity contribution is 6.33. The second kappa shape index (κ2) is 8.86. The zero-order chi connectivity index (χ0) is 18.4. The van der Waals surface area contributed by atoms with Crippen molar-refractivity contribution in [3.63, 3.8) is 0 Å². The van der Waals surface area contributed by atoms with E-state index in [1.165, 1.54) is 5.52 Å². The van der Waals surface area contributed by atoms with Crippen LogP contribution in [-0.4, -0.2) is 22.0 Å². The number of rotatable bonds is 8. The molecule has 4 nitrogen and oxygen atoms in total. The second-order valence-electron chi connectivity index (χ2n) is 6.31. The van der Waals surface area contributed by atoms with Crippen LogP contribution in [0.3, 0.4) is 0 Å². The molecule has 0 aliphatic rings. The van der Waals surface area contributed by atoms with Gasteiger partial charge in [0.1, 0.15) is 5.82 Å². The number of imidazole rings is 1. The number of benzene rings is 2. The number of para-hydroxylation sites is 2. The van der Waals surface area contributed by atoms with Gasteiger partial charge in [-0.3, -0.25) is 4.79 Å². The van der Waals surface area contributed by atoms with Gasteiger partial charge in [0.25, 0.3) is 5.91 Å². The van der Waals surface area contributed by atoms with Crippen LogP contribution >= 0.6 is 11.6 Å². The summed E-state index contributed by atoms with van der Waals surface area (Å²) in [4.78, 5) is 16.9. The molecule has 26 heavy (non-hydrogen) atoms. The van der Waals surface area contributed by atoms with Gasteiger partial charge in [0.2, 0.25) is 0 Å². The molecule has 0 unspecified atom stereocenters. The molecule has 0 saturated heterocycles. The Morgan fingerprint density at radius 3 is 2.65 bits per heavy atom. The third-order valence-corrected chi connectivity index (χ3v) is 4.86. The minimum Gasteiger partial charge on any atom is -0.352 e. The number of carbonyl (C=O) groups excluding carboxylic acids is 1. The number of amides is 1. The summed E-state index contributed by atoms with van der Waals surface area (Å²) >= 11 is 6.04. The van der Waals surface area contributed by atoms with Crippen LogP contribution in [0.15, 0.2) is 48.5 Å². The smallest absolute Gasteiger partial charge is 0.252 e. The first-order valence-electron chi connectivity index (χ1n) is 9.17. The van der Waals surface area contributed by atoms with Gasteiger partial charge >= 0.3 is 0 Å². The number of unbranched alkanes of at least 4 members (excludes halogenated alkanes) is 2. The fourth-order valence-electron chi connectivity index (χ4n) is 3.20. The van der Waals surface area contributed by atoms with Crippen molar-refractivity contribution < 1.29 is 4.79 Å². The molecule has 0 spiro atoms. The zero-order valence-corrected chi connectivity index (χ0v) is 15.8. The van der Waals surface area contributed by atoms with E-state index in [0.717, 1.165) is 43.6 Å². The van der Waals surface area contributed by atoms with Crippen LogP contribution in [-0.2, 0) is 13.0 Å². The number of fused-ring (bicyclic) bond motifs is 1. The van der Waals surface area contributed by atoms with E-state index in [-0.39, 0.29) is 5.91 Å². The maximum absolute atomic E-state index is 12.1. The summed E-state index contributed by atoms with van der Waals surface area (Å²) in [5, 5.41) is 3.43. The van der Waals surface area contributed by atoms with Crippen LogP contribution in [0, 0.1) is 0 Å². The number of hydrogen-bond donors (Lipinski definition) is 1. The monoisotopic (exact) mass is 369 g/mol. The minimum absolute atomic E-state index is 0.108. The lowest BCUT2D eigenvalue weighted by molar-refractivity contribution is 0.0953. The first kappa shape index (κ1) is 18.5. The van der Waals surface area contributed by atoms with Crippen molar-refractivity contribution >= 4 is 28.5 Å². The lowest BCUT2D eigenvalue weighted by Gasteiger charge is -2.07. The van der Waals surface area contributed by atoms with Crippen LogP contribution in [0.25, 0.3) is 11.0 Å². The van der Waals surface area contributed by atoms with E-state index < -0.39 is 0 Å². The third kappa shape index (κ3) is 4.25. The molecule has 0 bridgehead atoms. The van der Waals surface area contributed by atoms with E-state index in [4.69, 9.17) is 16.6 Å². The molecule has 0 aliphatic heterocycles. The van der Waals surface area contributed by atoms with E-state index in [1.807, 2.05) is 18.2 Å². The van der Waals surface area contributed by atoms with Gasteiger partial charge in [0, 0.05) is 19.5 Å². The fourth-order valence-corrected chi connectivity index (χ4v) is 3.42. The number of nitrogens with zero attached hydrogens (tertiary/aromatic N) is 2. The molecule has 1 heterocycles. The SMILES string of the molecule is CCn1c(CCCCCNC(=O)c2ccccc2Cl)nc2ccccc21. The number of aromatic nitrogens is 2. The van der Waals surface area contributed by atoms with E-state index in [2.05, 4.69) is 35.0 Å². The Hall–Kier alpha value is -2.33. The lowest BCUT2D eigenvalue weighted by Crippen LogP contribution is -2.24. The summed E-state index contributed by atoms with van der Waals surface area (Å²) in [5.74, 6) is 1.04. The average Bonchev–Trinajstić information content (AvgIpc) is 3.02. The molecule has 3 rings (SSSR count). The van der Waals surface area contributed by atoms with Gasteiger partial charge in [-0.2, -0.15) is 0 Å². The molecule has 136 valence electrons. The van der Waals surface area contributed by atoms with E-state index >= 15 is 0 Å². The largest absolute Gasteiger partial charge is 0.352 e. The molecular formula is C21H24ClN3O. The summed E-state index contributed by atoms with van der Waals surface area (Å²) in [6.07, 6.45) is 4.02. The summed E-state index contributed by atoms with van der Waals surface area (Å²) in [6, 6.07) is 15.4. The van der Waals surface area contributed by atoms with Gasteiger partial charge < -0.3 is 9.88 Å². The molecule has 0 saturated carbocycles. The van der Waals surface area contributed by atoms with Gasteiger partial charge in [-0.15, -0.1) is 0 Å². The van der Waals surface area contributed by atoms with Crippen LogP contribution in [0.5, 0.6) is 0 Å². The second-order valence-corrected chi connectivity index (χ2v) is 6.71. The van der Waals surface area contributed by atoms with Crippen molar-refractivity contribution in [3.05, 3.63) is 64.9 Å². The van der Waals surface area contributed by atoms with Gasteiger partial charge in [-0.25, -0.2) is 4.98 Å². The summed E-state index contributed by atoms with van der Waals surface area (Å²) < 4.78 is 2.29. The van der Waals surface area contributed by atoms with Crippen LogP contribution < -0.4 is 5.32 Å². The molecule has 1 amide bonds. The lowest BCUT2D eigenvalue weighted by atomic mass is 10.1. The van der Waals surface area contributed by atoms with Crippen molar-refractivity contribution in [2.45, 2.75) is 39.2 Å². The Morgan fingerprint density at radius 1 is 1.08 bits per heavy atom. The van der Waals surface area contributed by atoms with Gasteiger partial charge in [0.05, 0.1) is 21.6 Å². The first-order chi connectivity index (χ1) is 12.7. The number of halogens is 1. The van der Waals surface area contributed by atoms with E-state index in [0.29, 0.717) is 17.1 Å². The summed E-state index contributed by atoms with van der Waals surface area (Å²) in [7, 11) is 0. The van der Waals surface area contributed by atoms with Crippen molar-refractivity contribution in [3.8, 4) is 0 Å². The molecular weight excluding hydrogens is 346 g/mol. The Morgan fingerprint density at radius 2 is 1.85 bits per heavy atom. The summed E-state index contributed by atoms with van der Waals surface area (Å²) in [6.45, 7) is 3.75. The van der Waals surface area contributed by atoms with Crippen LogP contribution in [0.1, 0.15) is 42.4 Å². The van der Waals surface area contributed by atoms with Gasteiger partial charge in [0.15, 0.2) is 0 Å². The van der Waals surface area contributed by atoms with Crippen molar-refractivity contribution in [1.82, 2.24) is 14.9 Å². The highest BCUT2D eigenvalue weighted by Crippen LogP contribution is 2.18. The molecule has 5 heteroatoms. The zero-order valence-electron chi connectivity index (χ0n) is 15.0. The molecule has 1 aromatic heterocycles. The highest BCUT2D eigenvalue weighted by Gasteiger charge is 2.10. The van der Waals surface area contributed by atoms with E-state index in [9.17, 15) is 4.79 Å². The predicted octanol–water partition coefficient (Wildman–Crippen LogP) is 4.85. The van der Waals surface area contributed by atoms with Crippen LogP contribution in [0.2, 0.25) is 5.02 Å². The third-order valence-electron chi connectivity index (χ3n) is 4.53. The standard InChI is InChI=1S/C21H24ClN3O/c1-2-25-19-13-8-7-12-18(19)24-20(25)14-4-3-9-15-23-21(26)16-10-5-6-11-17(16)22/h5-8,10-13H,2-4,9,14-15H2,1H3,(H,23,26). The Labute approximate surface area is 159 Å². The molecule has 2 aromatic carbocycles. The normalized spacial score (nSPS) is 11.0. The van der Waals surface area contributed by atoms with Crippen LogP contribution in [0.4, 0.5) is 0 Å². The number of hydrogen-bond acceptors (Lipinski definition) is 2. The molecule has 0 atom stereocenters. The quantitative estimate of drug-likeness (QED) is 0.577. The summed E-state index contributed by atoms with van der Waals surface area (Å²) in [5.41, 5.74) is 2.80. The maximum Gasteiger partial charge on any atom is 0.252 e. The maximum atomic E-state index is 12.1. The highest BCUT2D eigenvalue weighted by atomic mass is 35.5. The Bertz CT molecular complexity index is 888. The number of aryl methyl sites for hydroxylation is 2. The predicted molar refractivity (Wildman–Crippen MR) is 107 cm³/mol. The molecule has 1 N–H and O–H groups in total. The topological polar surface area (TPSA) is 46.9 Å². The molecule has 0 radical (unpaired) electrons. The molecule has 0 aliphatic carbocycles. The Kier molecular flexibility index (Phi) is 6.29. The number of carbonyl (C=O) groups is 1. The molecule has 0 fully saturated rings. The van der Waals surface area contributed by atoms with Gasteiger partial charge in [-0.1, -0.05) is 42.3 Å². The van der Waals surface area contributed by atoms with Crippen molar-refractivity contribution in [2.24, 2.45) is 0 Å². The average molecular weight is 370 g/mol.